The molecule has 1 aliphatic carbocycles. The highest BCUT2D eigenvalue weighted by atomic mass is 127. The Morgan fingerprint density at radius 3 is 3.05 bits per heavy atom. The molecule has 1 aromatic rings. The number of nitrogens with one attached hydrogen (secondary N) is 1. The molecule has 120 valence electrons. The van der Waals surface area contributed by atoms with Crippen molar-refractivity contribution < 1.29 is 9.53 Å². The SMILES string of the molecule is Cc1cc(I)ccc1NC(=O)CN1CCOC2CCCCC21. The molecule has 3 rings (SSSR count). The number of carbonyl (C=O) groups is 1. The maximum Gasteiger partial charge on any atom is 0.238 e. The number of hydrogen-bond acceptors (Lipinski definition) is 3. The lowest BCUT2D eigenvalue weighted by Crippen LogP contribution is -2.54. The first-order chi connectivity index (χ1) is 10.6. The third-order valence-electron chi connectivity index (χ3n) is 4.66. The van der Waals surface area contributed by atoms with Crippen molar-refractivity contribution in [3.63, 3.8) is 0 Å². The molecule has 1 N–H and O–H groups in total. The van der Waals surface area contributed by atoms with Crippen molar-refractivity contribution in [3.8, 4) is 0 Å². The second kappa shape index (κ2) is 7.27. The lowest BCUT2D eigenvalue weighted by atomic mass is 9.90. The largest absolute Gasteiger partial charge is 0.375 e. The van der Waals surface area contributed by atoms with Gasteiger partial charge in [-0.2, -0.15) is 0 Å². The summed E-state index contributed by atoms with van der Waals surface area (Å²) in [6.45, 7) is 4.11. The van der Waals surface area contributed by atoms with E-state index < -0.39 is 0 Å². The topological polar surface area (TPSA) is 41.6 Å². The molecule has 1 aromatic carbocycles. The number of aryl methyl sites for hydroxylation is 1. The zero-order chi connectivity index (χ0) is 15.5. The van der Waals surface area contributed by atoms with Crippen LogP contribution in [0.4, 0.5) is 5.69 Å². The van der Waals surface area contributed by atoms with Gasteiger partial charge < -0.3 is 10.1 Å². The Morgan fingerprint density at radius 1 is 1.41 bits per heavy atom. The number of halogens is 1. The average molecular weight is 414 g/mol. The van der Waals surface area contributed by atoms with Crippen molar-refractivity contribution in [2.75, 3.05) is 25.0 Å². The summed E-state index contributed by atoms with van der Waals surface area (Å²) in [6.07, 6.45) is 5.12. The van der Waals surface area contributed by atoms with Crippen molar-refractivity contribution in [1.82, 2.24) is 4.90 Å². The summed E-state index contributed by atoms with van der Waals surface area (Å²) >= 11 is 2.29. The Bertz CT molecular complexity index is 547. The average Bonchev–Trinajstić information content (AvgIpc) is 2.50. The maximum absolute atomic E-state index is 12.4. The molecule has 2 fully saturated rings. The molecule has 0 radical (unpaired) electrons. The minimum absolute atomic E-state index is 0.0792. The van der Waals surface area contributed by atoms with Crippen LogP contribution in [0.1, 0.15) is 31.2 Å². The van der Waals surface area contributed by atoms with Gasteiger partial charge in [0.1, 0.15) is 0 Å². The minimum Gasteiger partial charge on any atom is -0.375 e. The van der Waals surface area contributed by atoms with Gasteiger partial charge in [0.05, 0.1) is 19.3 Å². The molecule has 1 aliphatic heterocycles. The second-order valence-corrected chi connectivity index (χ2v) is 7.48. The van der Waals surface area contributed by atoms with Gasteiger partial charge in [0.2, 0.25) is 5.91 Å². The number of nitrogens with zero attached hydrogens (tertiary/aromatic N) is 1. The Morgan fingerprint density at radius 2 is 2.23 bits per heavy atom. The van der Waals surface area contributed by atoms with E-state index in [1.807, 2.05) is 19.1 Å². The molecule has 2 aliphatic rings. The normalized spacial score (nSPS) is 25.5. The lowest BCUT2D eigenvalue weighted by Gasteiger charge is -2.43. The third kappa shape index (κ3) is 3.81. The molecule has 1 saturated heterocycles. The summed E-state index contributed by atoms with van der Waals surface area (Å²) in [6, 6.07) is 6.51. The summed E-state index contributed by atoms with van der Waals surface area (Å²) in [4.78, 5) is 14.7. The van der Waals surface area contributed by atoms with E-state index in [1.165, 1.54) is 16.4 Å². The molecular weight excluding hydrogens is 391 g/mol. The fraction of sp³-hybridized carbons (Fsp3) is 0.588. The van der Waals surface area contributed by atoms with Crippen LogP contribution in [0.2, 0.25) is 0 Å². The first kappa shape index (κ1) is 16.2. The molecule has 5 heteroatoms. The van der Waals surface area contributed by atoms with Crippen molar-refractivity contribution in [3.05, 3.63) is 27.3 Å². The minimum atomic E-state index is 0.0792. The molecule has 1 amide bonds. The van der Waals surface area contributed by atoms with Crippen LogP contribution in [-0.2, 0) is 9.53 Å². The highest BCUT2D eigenvalue weighted by Crippen LogP contribution is 2.28. The molecule has 0 bridgehead atoms. The first-order valence-corrected chi connectivity index (χ1v) is 9.13. The summed E-state index contributed by atoms with van der Waals surface area (Å²) in [5, 5.41) is 3.06. The van der Waals surface area contributed by atoms with Crippen LogP contribution in [0.5, 0.6) is 0 Å². The van der Waals surface area contributed by atoms with Crippen LogP contribution in [0, 0.1) is 10.5 Å². The molecule has 0 aromatic heterocycles. The summed E-state index contributed by atoms with van der Waals surface area (Å²) in [7, 11) is 0. The van der Waals surface area contributed by atoms with Crippen LogP contribution in [0.3, 0.4) is 0 Å². The standard InChI is InChI=1S/C17H23IN2O2/c1-12-10-13(18)6-7-14(12)19-17(21)11-20-8-9-22-16-5-3-2-4-15(16)20/h6-7,10,15-16H,2-5,8-9,11H2,1H3,(H,19,21). The van der Waals surface area contributed by atoms with E-state index in [2.05, 4.69) is 38.9 Å². The Labute approximate surface area is 145 Å². The number of fused-ring (bicyclic) bond motifs is 1. The molecule has 1 heterocycles. The van der Waals surface area contributed by atoms with Crippen LogP contribution in [0.15, 0.2) is 18.2 Å². The van der Waals surface area contributed by atoms with Crippen molar-refractivity contribution in [2.45, 2.75) is 44.8 Å². The molecule has 4 nitrogen and oxygen atoms in total. The van der Waals surface area contributed by atoms with E-state index in [4.69, 9.17) is 4.74 Å². The Kier molecular flexibility index (Phi) is 5.36. The second-order valence-electron chi connectivity index (χ2n) is 6.24. The van der Waals surface area contributed by atoms with Gasteiger partial charge in [-0.25, -0.2) is 0 Å². The van der Waals surface area contributed by atoms with E-state index >= 15 is 0 Å². The lowest BCUT2D eigenvalue weighted by molar-refractivity contribution is -0.124. The number of anilines is 1. The van der Waals surface area contributed by atoms with E-state index in [9.17, 15) is 4.79 Å². The van der Waals surface area contributed by atoms with Crippen LogP contribution in [0.25, 0.3) is 0 Å². The number of ether oxygens (including phenoxy) is 1. The molecule has 2 atom stereocenters. The quantitative estimate of drug-likeness (QED) is 0.773. The first-order valence-electron chi connectivity index (χ1n) is 8.05. The number of benzene rings is 1. The molecule has 22 heavy (non-hydrogen) atoms. The van der Waals surface area contributed by atoms with Crippen molar-refractivity contribution >= 4 is 34.2 Å². The fourth-order valence-electron chi connectivity index (χ4n) is 3.51. The maximum atomic E-state index is 12.4. The zero-order valence-corrected chi connectivity index (χ0v) is 15.1. The van der Waals surface area contributed by atoms with Gasteiger partial charge in [0.15, 0.2) is 0 Å². The summed E-state index contributed by atoms with van der Waals surface area (Å²) < 4.78 is 7.06. The predicted octanol–water partition coefficient (Wildman–Crippen LogP) is 3.18. The van der Waals surface area contributed by atoms with Gasteiger partial charge in [-0.1, -0.05) is 12.8 Å². The fourth-order valence-corrected chi connectivity index (χ4v) is 4.16. The number of rotatable bonds is 3. The van der Waals surface area contributed by atoms with Crippen molar-refractivity contribution in [2.24, 2.45) is 0 Å². The smallest absolute Gasteiger partial charge is 0.238 e. The van der Waals surface area contributed by atoms with Gasteiger partial charge in [-0.3, -0.25) is 9.69 Å². The number of morpholine rings is 1. The zero-order valence-electron chi connectivity index (χ0n) is 13.0. The van der Waals surface area contributed by atoms with Gasteiger partial charge in [-0.15, -0.1) is 0 Å². The monoisotopic (exact) mass is 414 g/mol. The van der Waals surface area contributed by atoms with E-state index in [0.29, 0.717) is 18.7 Å². The molecular formula is C17H23IN2O2. The number of carbonyl (C=O) groups excluding carboxylic acids is 1. The van der Waals surface area contributed by atoms with Crippen LogP contribution < -0.4 is 5.32 Å². The predicted molar refractivity (Wildman–Crippen MR) is 96.1 cm³/mol. The van der Waals surface area contributed by atoms with Gasteiger partial charge >= 0.3 is 0 Å². The van der Waals surface area contributed by atoms with Gasteiger partial charge in [-0.05, 0) is 66.1 Å². The van der Waals surface area contributed by atoms with Crippen molar-refractivity contribution in [1.29, 1.82) is 0 Å². The number of amides is 1. The molecule has 1 saturated carbocycles. The molecule has 2 unspecified atom stereocenters. The highest BCUT2D eigenvalue weighted by molar-refractivity contribution is 14.1. The highest BCUT2D eigenvalue weighted by Gasteiger charge is 2.34. The van der Waals surface area contributed by atoms with E-state index in [-0.39, 0.29) is 5.91 Å². The molecule has 0 spiro atoms. The Hall–Kier alpha value is -0.660. The summed E-state index contributed by atoms with van der Waals surface area (Å²) in [5.74, 6) is 0.0792. The van der Waals surface area contributed by atoms with Gasteiger partial charge in [0.25, 0.3) is 0 Å². The van der Waals surface area contributed by atoms with Gasteiger partial charge in [0, 0.05) is 21.8 Å². The van der Waals surface area contributed by atoms with Crippen LogP contribution >= 0.6 is 22.6 Å². The summed E-state index contributed by atoms with van der Waals surface area (Å²) in [5.41, 5.74) is 2.02. The van der Waals surface area contributed by atoms with E-state index in [1.54, 1.807) is 0 Å². The van der Waals surface area contributed by atoms with E-state index in [0.717, 1.165) is 37.2 Å². The number of hydrogen-bond donors (Lipinski definition) is 1. The van der Waals surface area contributed by atoms with Crippen LogP contribution in [-0.4, -0.2) is 42.6 Å². The Balaban J connectivity index is 1.61. The third-order valence-corrected chi connectivity index (χ3v) is 5.33.